The summed E-state index contributed by atoms with van der Waals surface area (Å²) in [5.41, 5.74) is 0. The summed E-state index contributed by atoms with van der Waals surface area (Å²) in [4.78, 5) is -0.217. The van der Waals surface area contributed by atoms with Crippen molar-refractivity contribution >= 4 is 26.7 Å². The highest BCUT2D eigenvalue weighted by atomic mass is 79.9. The minimum Gasteiger partial charge on any atom is -0.395 e. The molecule has 0 unspecified atom stereocenters. The summed E-state index contributed by atoms with van der Waals surface area (Å²) in [6, 6.07) is 3.88. The first kappa shape index (κ1) is 12.9. The summed E-state index contributed by atoms with van der Waals surface area (Å²) in [5, 5.41) is 8.53. The normalized spacial score (nSPS) is 12.9. The van der Waals surface area contributed by atoms with Crippen molar-refractivity contribution < 1.29 is 18.6 Å². The van der Waals surface area contributed by atoms with Gasteiger partial charge in [0.05, 0.1) is 6.61 Å². The van der Waals surface area contributed by atoms with Crippen LogP contribution in [0, 0.1) is 5.82 Å². The van der Waals surface area contributed by atoms with Crippen LogP contribution >= 0.6 is 26.7 Å². The van der Waals surface area contributed by atoms with Crippen molar-refractivity contribution in [1.82, 2.24) is 4.72 Å². The number of halogens is 2. The molecule has 4 N–H and O–H groups in total. The van der Waals surface area contributed by atoms with E-state index in [0.717, 1.165) is 6.07 Å². The van der Waals surface area contributed by atoms with Crippen LogP contribution in [0.1, 0.15) is 0 Å². The molecule has 0 aromatic heterocycles. The van der Waals surface area contributed by atoms with Crippen molar-refractivity contribution in [2.24, 2.45) is 0 Å². The molecule has 0 bridgehead atoms. The van der Waals surface area contributed by atoms with E-state index in [2.05, 4.69) is 20.7 Å². The Morgan fingerprint density at radius 3 is 2.67 bits per heavy atom. The molecular weight excluding hydrogens is 289 g/mol. The van der Waals surface area contributed by atoms with Gasteiger partial charge in [0, 0.05) is 11.0 Å². The molecule has 1 aromatic rings. The lowest BCUT2D eigenvalue weighted by Gasteiger charge is -2.33. The number of rotatable bonds is 4. The minimum absolute atomic E-state index is 0.0196. The molecule has 1 rings (SSSR count). The van der Waals surface area contributed by atoms with E-state index in [9.17, 15) is 13.5 Å². The van der Waals surface area contributed by atoms with Crippen LogP contribution in [0.2, 0.25) is 0 Å². The van der Waals surface area contributed by atoms with Crippen molar-refractivity contribution in [1.29, 1.82) is 0 Å². The zero-order chi connectivity index (χ0) is 11.5. The lowest BCUT2D eigenvalue weighted by atomic mass is 10.3. The standard InChI is InChI=1S/C8H11BrFNO3S/c9-6-1-2-7(10)8(5-6)15(13,14)11-3-4-12/h1-2,5,11-14H,3-4H2. The van der Waals surface area contributed by atoms with Gasteiger partial charge in [0.1, 0.15) is 10.7 Å². The SMILES string of the molecule is OCCNS(O)(O)c1cc(Br)ccc1F. The molecule has 0 aliphatic heterocycles. The van der Waals surface area contributed by atoms with Crippen molar-refractivity contribution in [3.63, 3.8) is 0 Å². The zero-order valence-corrected chi connectivity index (χ0v) is 10.1. The van der Waals surface area contributed by atoms with Crippen LogP contribution in [0.25, 0.3) is 0 Å². The number of nitrogens with one attached hydrogen (secondary N) is 1. The van der Waals surface area contributed by atoms with Crippen molar-refractivity contribution in [2.75, 3.05) is 13.2 Å². The summed E-state index contributed by atoms with van der Waals surface area (Å²) < 4.78 is 35.2. The second-order valence-corrected chi connectivity index (χ2v) is 5.48. The lowest BCUT2D eigenvalue weighted by Crippen LogP contribution is -2.24. The van der Waals surface area contributed by atoms with Crippen molar-refractivity contribution in [3.8, 4) is 0 Å². The van der Waals surface area contributed by atoms with Crippen LogP contribution in [0.15, 0.2) is 27.6 Å². The summed E-state index contributed by atoms with van der Waals surface area (Å²) in [7, 11) is -3.39. The summed E-state index contributed by atoms with van der Waals surface area (Å²) in [6.07, 6.45) is 0. The van der Waals surface area contributed by atoms with E-state index >= 15 is 0 Å². The Labute approximate surface area is 96.7 Å². The predicted octanol–water partition coefficient (Wildman–Crippen LogP) is 2.19. The first-order valence-electron chi connectivity index (χ1n) is 4.06. The van der Waals surface area contributed by atoms with Gasteiger partial charge in [-0.3, -0.25) is 9.11 Å². The van der Waals surface area contributed by atoms with Crippen LogP contribution in [0.5, 0.6) is 0 Å². The van der Waals surface area contributed by atoms with E-state index in [0.29, 0.717) is 4.47 Å². The number of hydrogen-bond donors (Lipinski definition) is 4. The van der Waals surface area contributed by atoms with Gasteiger partial charge in [0.25, 0.3) is 0 Å². The van der Waals surface area contributed by atoms with Crippen LogP contribution in [0.3, 0.4) is 0 Å². The van der Waals surface area contributed by atoms with E-state index in [1.807, 2.05) is 0 Å². The van der Waals surface area contributed by atoms with Crippen molar-refractivity contribution in [2.45, 2.75) is 4.90 Å². The zero-order valence-electron chi connectivity index (χ0n) is 7.65. The third-order valence-electron chi connectivity index (χ3n) is 1.62. The second-order valence-electron chi connectivity index (χ2n) is 2.74. The number of hydrogen-bond acceptors (Lipinski definition) is 4. The molecule has 4 nitrogen and oxygen atoms in total. The Morgan fingerprint density at radius 1 is 1.40 bits per heavy atom. The van der Waals surface area contributed by atoms with Gasteiger partial charge in [-0.25, -0.2) is 9.11 Å². The fraction of sp³-hybridized carbons (Fsp3) is 0.250. The van der Waals surface area contributed by atoms with Gasteiger partial charge < -0.3 is 5.11 Å². The molecule has 0 radical (unpaired) electrons. The highest BCUT2D eigenvalue weighted by molar-refractivity contribution is 9.10. The first-order valence-corrected chi connectivity index (χ1v) is 6.40. The van der Waals surface area contributed by atoms with Crippen molar-refractivity contribution in [3.05, 3.63) is 28.5 Å². The largest absolute Gasteiger partial charge is 0.395 e. The molecule has 0 heterocycles. The molecule has 0 aliphatic rings. The van der Waals surface area contributed by atoms with Crippen LogP contribution in [0.4, 0.5) is 4.39 Å². The average molecular weight is 300 g/mol. The fourth-order valence-corrected chi connectivity index (χ4v) is 2.64. The molecule has 0 fully saturated rings. The van der Waals surface area contributed by atoms with Gasteiger partial charge in [-0.05, 0) is 18.2 Å². The Balaban J connectivity index is 2.97. The molecule has 7 heteroatoms. The van der Waals surface area contributed by atoms with Gasteiger partial charge in [-0.1, -0.05) is 15.9 Å². The van der Waals surface area contributed by atoms with Gasteiger partial charge in [-0.2, -0.15) is 0 Å². The quantitative estimate of drug-likeness (QED) is 0.688. The molecule has 86 valence electrons. The van der Waals surface area contributed by atoms with Gasteiger partial charge in [-0.15, -0.1) is 10.8 Å². The summed E-state index contributed by atoms with van der Waals surface area (Å²) in [5.74, 6) is -0.705. The molecule has 0 atom stereocenters. The van der Waals surface area contributed by atoms with E-state index in [-0.39, 0.29) is 18.0 Å². The summed E-state index contributed by atoms with van der Waals surface area (Å²) >= 11 is 3.10. The molecule has 0 saturated carbocycles. The maximum Gasteiger partial charge on any atom is 0.147 e. The third kappa shape index (κ3) is 3.40. The number of aliphatic hydroxyl groups is 1. The molecule has 0 aliphatic carbocycles. The van der Waals surface area contributed by atoms with Gasteiger partial charge in [0.15, 0.2) is 0 Å². The number of aliphatic hydroxyl groups excluding tert-OH is 1. The van der Waals surface area contributed by atoms with Crippen LogP contribution in [-0.4, -0.2) is 27.4 Å². The molecule has 0 spiro atoms. The molecule has 15 heavy (non-hydrogen) atoms. The molecular formula is C8H11BrFNO3S. The second kappa shape index (κ2) is 5.24. The maximum absolute atomic E-state index is 13.3. The molecule has 0 saturated heterocycles. The molecule has 0 amide bonds. The maximum atomic E-state index is 13.3. The third-order valence-corrected chi connectivity index (χ3v) is 3.64. The average Bonchev–Trinajstić information content (AvgIpc) is 2.18. The Morgan fingerprint density at radius 2 is 2.07 bits per heavy atom. The Bertz CT molecular complexity index is 351. The lowest BCUT2D eigenvalue weighted by molar-refractivity contribution is 0.298. The van der Waals surface area contributed by atoms with E-state index in [1.165, 1.54) is 12.1 Å². The van der Waals surface area contributed by atoms with E-state index in [4.69, 9.17) is 5.11 Å². The monoisotopic (exact) mass is 299 g/mol. The summed E-state index contributed by atoms with van der Waals surface area (Å²) in [6.45, 7) is -0.278. The van der Waals surface area contributed by atoms with E-state index in [1.54, 1.807) is 0 Å². The highest BCUT2D eigenvalue weighted by Gasteiger charge is 2.19. The highest BCUT2D eigenvalue weighted by Crippen LogP contribution is 2.45. The smallest absolute Gasteiger partial charge is 0.147 e. The topological polar surface area (TPSA) is 72.7 Å². The minimum atomic E-state index is -3.39. The predicted molar refractivity (Wildman–Crippen MR) is 60.3 cm³/mol. The van der Waals surface area contributed by atoms with Crippen LogP contribution < -0.4 is 4.72 Å². The fourth-order valence-electron chi connectivity index (χ4n) is 0.961. The Kier molecular flexibility index (Phi) is 4.50. The van der Waals surface area contributed by atoms with Gasteiger partial charge >= 0.3 is 0 Å². The first-order chi connectivity index (χ1) is 6.97. The number of benzene rings is 1. The Hall–Kier alpha value is -0.180. The van der Waals surface area contributed by atoms with E-state index < -0.39 is 16.6 Å². The van der Waals surface area contributed by atoms with Gasteiger partial charge in [0.2, 0.25) is 0 Å². The van der Waals surface area contributed by atoms with Crippen LogP contribution in [-0.2, 0) is 0 Å². The molecule has 1 aromatic carbocycles.